The van der Waals surface area contributed by atoms with Crippen molar-refractivity contribution < 1.29 is 39.0 Å². The second kappa shape index (κ2) is 21.1. The quantitative estimate of drug-likeness (QED) is 0.172. The Kier molecular flexibility index (Phi) is 19.1. The first-order valence-corrected chi connectivity index (χ1v) is 15.8. The molecule has 2 N–H and O–H groups in total. The van der Waals surface area contributed by atoms with E-state index in [0.29, 0.717) is 11.1 Å². The van der Waals surface area contributed by atoms with Crippen LogP contribution in [0.5, 0.6) is 0 Å². The molecule has 0 amide bonds. The van der Waals surface area contributed by atoms with Gasteiger partial charge < -0.3 is 25.1 Å². The molecule has 4 aromatic rings. The zero-order valence-corrected chi connectivity index (χ0v) is 25.9. The number of hydrogen-bond acceptors (Lipinski definition) is 2. The summed E-state index contributed by atoms with van der Waals surface area (Å²) in [5.74, 6) is -1.76. The summed E-state index contributed by atoms with van der Waals surface area (Å²) in [7, 11) is 1.86. The fourth-order valence-corrected chi connectivity index (χ4v) is 3.50. The van der Waals surface area contributed by atoms with Crippen molar-refractivity contribution in [3.8, 4) is 11.1 Å². The minimum absolute atomic E-state index is 0. The summed E-state index contributed by atoms with van der Waals surface area (Å²) in [6, 6.07) is 34.7. The van der Waals surface area contributed by atoms with Crippen molar-refractivity contribution >= 4 is 19.6 Å². The Hall–Kier alpha value is -3.77. The molecule has 6 heteroatoms. The molecule has 6 rings (SSSR count). The van der Waals surface area contributed by atoms with Gasteiger partial charge in [0.1, 0.15) is 0 Å². The van der Waals surface area contributed by atoms with Gasteiger partial charge in [-0.3, -0.25) is 6.08 Å². The van der Waals surface area contributed by atoms with E-state index < -0.39 is 11.9 Å². The Bertz CT molecular complexity index is 1250. The van der Waals surface area contributed by atoms with Crippen LogP contribution in [0, 0.1) is 27.0 Å². The molecular weight excluding hydrogens is 548 g/mol. The van der Waals surface area contributed by atoms with Gasteiger partial charge in [0.25, 0.3) is 0 Å². The third-order valence-corrected chi connectivity index (χ3v) is 5.24. The first kappa shape index (κ1) is 36.2. The number of fused-ring (bicyclic) bond motifs is 3. The van der Waals surface area contributed by atoms with Gasteiger partial charge in [-0.1, -0.05) is 71.8 Å². The molecule has 0 bridgehead atoms. The van der Waals surface area contributed by atoms with Crippen molar-refractivity contribution in [2.45, 2.75) is 12.8 Å². The van der Waals surface area contributed by atoms with Crippen LogP contribution in [0.4, 0.5) is 0 Å². The molecule has 0 saturated carbocycles. The molecule has 0 spiro atoms. The Labute approximate surface area is 252 Å². The molecule has 0 radical (unpaired) electrons. The van der Waals surface area contributed by atoms with Crippen LogP contribution < -0.4 is 0 Å². The average molecular weight is 583 g/mol. The van der Waals surface area contributed by atoms with Gasteiger partial charge in [-0.2, -0.15) is 35.9 Å². The van der Waals surface area contributed by atoms with Crippen molar-refractivity contribution in [3.05, 3.63) is 171 Å². The van der Waals surface area contributed by atoms with Crippen LogP contribution in [0.2, 0.25) is 0 Å². The number of benzene rings is 4. The second-order valence-corrected chi connectivity index (χ2v) is 7.74. The fourth-order valence-electron chi connectivity index (χ4n) is 3.50. The third kappa shape index (κ3) is 12.4. The van der Waals surface area contributed by atoms with Crippen LogP contribution in [0.1, 0.15) is 38.3 Å². The molecule has 0 aliphatic heterocycles. The summed E-state index contributed by atoms with van der Waals surface area (Å²) in [6.45, 7) is 0. The Morgan fingerprint density at radius 1 is 0.700 bits per heavy atom. The zero-order valence-electron chi connectivity index (χ0n) is 22.9. The van der Waals surface area contributed by atoms with Crippen molar-refractivity contribution in [2.75, 3.05) is 0 Å². The first-order valence-electron chi connectivity index (χ1n) is 11.8. The molecule has 206 valence electrons. The number of carboxylic acid groups (broad SMARTS) is 2. The molecular formula is C34H34O4SiTi-4. The van der Waals surface area contributed by atoms with Crippen molar-refractivity contribution in [1.29, 1.82) is 0 Å². The summed E-state index contributed by atoms with van der Waals surface area (Å²) < 4.78 is 0. The molecule has 2 aliphatic carbocycles. The Morgan fingerprint density at radius 2 is 1.20 bits per heavy atom. The molecule has 4 nitrogen and oxygen atoms in total. The molecule has 2 aliphatic rings. The minimum Gasteiger partial charge on any atom is -0.179 e. The minimum atomic E-state index is -0.879. The Morgan fingerprint density at radius 3 is 1.62 bits per heavy atom. The molecule has 40 heavy (non-hydrogen) atoms. The SMILES string of the molecule is O=C(O)c1ccccc1.O=C(O)c1ccccc1.[C-]1=CC=CC1.[CH3-].[CH3-].[SiH2]=[Ti].[c-]1cccc2c1Cc1ccccc1-2. The van der Waals surface area contributed by atoms with E-state index in [-0.39, 0.29) is 14.9 Å². The van der Waals surface area contributed by atoms with Crippen LogP contribution in [-0.4, -0.2) is 29.8 Å². The third-order valence-electron chi connectivity index (χ3n) is 5.24. The smallest absolute Gasteiger partial charge is 0.0253 e. The van der Waals surface area contributed by atoms with Gasteiger partial charge in [0, 0.05) is 0 Å². The van der Waals surface area contributed by atoms with Crippen molar-refractivity contribution in [2.24, 2.45) is 0 Å². The average Bonchev–Trinajstić information content (AvgIpc) is 3.68. The predicted molar refractivity (Wildman–Crippen MR) is 163 cm³/mol. The van der Waals surface area contributed by atoms with Crippen LogP contribution in [0.3, 0.4) is 0 Å². The standard InChI is InChI=1S/C13H9.2C7H6O2.C5H5.2CH3.H2Si.Ti/c1-3-7-12-10(5-1)9-11-6-2-4-8-13(11)12;2*8-7(9)6-4-2-1-3-5-6;1-2-4-5-3-1;;;;/h1-5,7-8H,9H2;2*1-5H,(H,8,9);1-3H,4H2;2*1H3;1H2;/q-1;;;3*-1;;. The van der Waals surface area contributed by atoms with E-state index in [2.05, 4.69) is 54.6 Å². The topological polar surface area (TPSA) is 74.6 Å². The molecule has 0 unspecified atom stereocenters. The molecule has 0 saturated heterocycles. The van der Waals surface area contributed by atoms with E-state index in [4.69, 9.17) is 10.2 Å². The summed E-state index contributed by atoms with van der Waals surface area (Å²) in [5, 5.41) is 16.8. The predicted octanol–water partition coefficient (Wildman–Crippen LogP) is 7.12. The van der Waals surface area contributed by atoms with Crippen molar-refractivity contribution in [1.82, 2.24) is 0 Å². The van der Waals surface area contributed by atoms with E-state index in [0.717, 1.165) is 12.8 Å². The summed E-state index contributed by atoms with van der Waals surface area (Å²) in [5.41, 5.74) is 6.17. The van der Waals surface area contributed by atoms with E-state index >= 15 is 0 Å². The maximum Gasteiger partial charge on any atom is -0.0253 e. The van der Waals surface area contributed by atoms with Gasteiger partial charge in [0.2, 0.25) is 0 Å². The van der Waals surface area contributed by atoms with Gasteiger partial charge in [-0.25, -0.2) is 21.7 Å². The van der Waals surface area contributed by atoms with Crippen LogP contribution in [-0.2, 0) is 25.6 Å². The van der Waals surface area contributed by atoms with Crippen LogP contribution in [0.15, 0.2) is 121 Å². The van der Waals surface area contributed by atoms with Gasteiger partial charge >= 0.3 is 38.7 Å². The van der Waals surface area contributed by atoms with E-state index in [1.807, 2.05) is 45.0 Å². The number of aromatic carboxylic acids is 2. The molecule has 0 heterocycles. The zero-order chi connectivity index (χ0) is 27.6. The molecule has 0 fully saturated rings. The number of rotatable bonds is 2. The van der Waals surface area contributed by atoms with Crippen LogP contribution >= 0.6 is 0 Å². The summed E-state index contributed by atoms with van der Waals surface area (Å²) in [4.78, 5) is 20.4. The maximum atomic E-state index is 10.2. The number of hydrogen-bond donors (Lipinski definition) is 2. The summed E-state index contributed by atoms with van der Waals surface area (Å²) in [6.07, 6.45) is 11.0. The number of allylic oxidation sites excluding steroid dienone is 4. The molecule has 0 aromatic heterocycles. The van der Waals surface area contributed by atoms with Gasteiger partial charge in [0.05, 0.1) is 11.1 Å². The molecule has 0 atom stereocenters. The van der Waals surface area contributed by atoms with Crippen LogP contribution in [0.25, 0.3) is 11.1 Å². The largest absolute Gasteiger partial charge is 0.179 e. The van der Waals surface area contributed by atoms with Gasteiger partial charge in [-0.05, 0) is 30.7 Å². The van der Waals surface area contributed by atoms with Gasteiger partial charge in [-0.15, -0.1) is 12.0 Å². The summed E-state index contributed by atoms with van der Waals surface area (Å²) >= 11 is 2.03. The fraction of sp³-hybridized carbons (Fsp3) is 0.0588. The van der Waals surface area contributed by atoms with Gasteiger partial charge in [0.15, 0.2) is 0 Å². The normalized spacial score (nSPS) is 10.3. The monoisotopic (exact) mass is 582 g/mol. The van der Waals surface area contributed by atoms with E-state index in [1.54, 1.807) is 60.7 Å². The van der Waals surface area contributed by atoms with Crippen molar-refractivity contribution in [3.63, 3.8) is 0 Å². The van der Waals surface area contributed by atoms with E-state index in [9.17, 15) is 9.59 Å². The second-order valence-electron chi connectivity index (χ2n) is 7.74. The molecule has 4 aromatic carbocycles. The number of carbonyl (C=O) groups is 2. The van der Waals surface area contributed by atoms with E-state index in [1.165, 1.54) is 22.3 Å². The number of carboxylic acids is 2. The maximum absolute atomic E-state index is 10.2. The Balaban J connectivity index is 0.000000509. The first-order chi connectivity index (χ1) is 18.6.